The number of benzene rings is 1. The highest BCUT2D eigenvalue weighted by Gasteiger charge is 2.42. The Morgan fingerprint density at radius 2 is 1.86 bits per heavy atom. The van der Waals surface area contributed by atoms with Crippen LogP contribution < -0.4 is 9.64 Å². The summed E-state index contributed by atoms with van der Waals surface area (Å²) in [6, 6.07) is 4.08. The van der Waals surface area contributed by atoms with Gasteiger partial charge in [-0.3, -0.25) is 4.79 Å². The Balaban J connectivity index is 1.27. The molecular weight excluding hydrogens is 462 g/mol. The molecule has 0 bridgehead atoms. The summed E-state index contributed by atoms with van der Waals surface area (Å²) in [7, 11) is 0. The number of alkyl halides is 3. The number of ether oxygens (including phenoxy) is 1. The number of hydrogen-bond acceptors (Lipinski definition) is 4. The van der Waals surface area contributed by atoms with Gasteiger partial charge in [-0.25, -0.2) is 9.37 Å². The predicted octanol–water partition coefficient (Wildman–Crippen LogP) is 5.57. The zero-order valence-corrected chi connectivity index (χ0v) is 19.9. The fourth-order valence-corrected chi connectivity index (χ4v) is 5.04. The van der Waals surface area contributed by atoms with Crippen LogP contribution in [0.5, 0.6) is 5.75 Å². The summed E-state index contributed by atoms with van der Waals surface area (Å²) < 4.78 is 60.8. The summed E-state index contributed by atoms with van der Waals surface area (Å²) in [5.74, 6) is 0.161. The zero-order valence-electron chi connectivity index (χ0n) is 19.9. The van der Waals surface area contributed by atoms with E-state index in [9.17, 15) is 22.4 Å². The lowest BCUT2D eigenvalue weighted by Crippen LogP contribution is -2.58. The quantitative estimate of drug-likeness (QED) is 0.496. The van der Waals surface area contributed by atoms with Gasteiger partial charge < -0.3 is 14.5 Å². The van der Waals surface area contributed by atoms with E-state index in [-0.39, 0.29) is 34.2 Å². The lowest BCUT2D eigenvalue weighted by molar-refractivity contribution is -0.138. The highest BCUT2D eigenvalue weighted by atomic mass is 19.4. The van der Waals surface area contributed by atoms with Gasteiger partial charge in [0.15, 0.2) is 0 Å². The number of aryl methyl sites for hydroxylation is 1. The van der Waals surface area contributed by atoms with Crippen LogP contribution in [-0.4, -0.2) is 48.6 Å². The first-order valence-corrected chi connectivity index (χ1v) is 12.1. The number of hydrogen-bond donors (Lipinski definition) is 0. The van der Waals surface area contributed by atoms with Crippen molar-refractivity contribution in [3.8, 4) is 5.75 Å². The molecule has 0 spiro atoms. The lowest BCUT2D eigenvalue weighted by atomic mass is 9.82. The maximum atomic E-state index is 14.9. The van der Waals surface area contributed by atoms with Crippen LogP contribution in [0.25, 0.3) is 0 Å². The normalized spacial score (nSPS) is 19.6. The molecule has 2 aliphatic heterocycles. The van der Waals surface area contributed by atoms with Crippen molar-refractivity contribution in [3.05, 3.63) is 52.5 Å². The van der Waals surface area contributed by atoms with Crippen molar-refractivity contribution in [2.45, 2.75) is 51.6 Å². The molecule has 3 fully saturated rings. The van der Waals surface area contributed by atoms with Gasteiger partial charge in [-0.2, -0.15) is 13.2 Å². The van der Waals surface area contributed by atoms with E-state index in [0.717, 1.165) is 37.3 Å². The first-order chi connectivity index (χ1) is 16.5. The number of amides is 1. The molecule has 3 aliphatic rings. The SMILES string of the molecule is Cc1cnc(N2CC(C)(COc3cc(F)c(C(=O)N4CCCC4)cc3C3CC3)C2)cc1C(F)(F)F. The van der Waals surface area contributed by atoms with Gasteiger partial charge in [0.05, 0.1) is 17.7 Å². The Labute approximate surface area is 202 Å². The molecule has 0 N–H and O–H groups in total. The predicted molar refractivity (Wildman–Crippen MR) is 123 cm³/mol. The minimum absolute atomic E-state index is 0.0918. The van der Waals surface area contributed by atoms with E-state index in [4.69, 9.17) is 4.74 Å². The number of aromatic nitrogens is 1. The second-order valence-corrected chi connectivity index (χ2v) is 10.5. The van der Waals surface area contributed by atoms with Gasteiger partial charge in [-0.05, 0) is 61.8 Å². The summed E-state index contributed by atoms with van der Waals surface area (Å²) >= 11 is 0. The third-order valence-corrected chi connectivity index (χ3v) is 7.18. The van der Waals surface area contributed by atoms with Crippen LogP contribution in [0.3, 0.4) is 0 Å². The number of halogens is 4. The van der Waals surface area contributed by atoms with Crippen LogP contribution >= 0.6 is 0 Å². The van der Waals surface area contributed by atoms with E-state index in [2.05, 4.69) is 4.98 Å². The van der Waals surface area contributed by atoms with Gasteiger partial charge in [0.2, 0.25) is 0 Å². The van der Waals surface area contributed by atoms with Crippen LogP contribution in [-0.2, 0) is 6.18 Å². The molecule has 2 saturated heterocycles. The Morgan fingerprint density at radius 1 is 1.17 bits per heavy atom. The molecule has 5 nitrogen and oxygen atoms in total. The van der Waals surface area contributed by atoms with Crippen molar-refractivity contribution in [2.75, 3.05) is 37.7 Å². The van der Waals surface area contributed by atoms with Crippen LogP contribution in [0.1, 0.15) is 65.6 Å². The van der Waals surface area contributed by atoms with Crippen LogP contribution in [0.2, 0.25) is 0 Å². The lowest BCUT2D eigenvalue weighted by Gasteiger charge is -2.48. The third kappa shape index (κ3) is 4.82. The van der Waals surface area contributed by atoms with Gasteiger partial charge >= 0.3 is 6.18 Å². The molecule has 9 heteroatoms. The molecule has 1 aromatic carbocycles. The van der Waals surface area contributed by atoms with Gasteiger partial charge in [0, 0.05) is 43.9 Å². The Bertz CT molecular complexity index is 1130. The highest BCUT2D eigenvalue weighted by molar-refractivity contribution is 5.95. The van der Waals surface area contributed by atoms with Crippen molar-refractivity contribution in [2.24, 2.45) is 5.41 Å². The van der Waals surface area contributed by atoms with Crippen LogP contribution in [0, 0.1) is 18.2 Å². The van der Waals surface area contributed by atoms with Gasteiger partial charge in [0.1, 0.15) is 17.4 Å². The number of likely N-dealkylation sites (tertiary alicyclic amines) is 1. The molecule has 35 heavy (non-hydrogen) atoms. The van der Waals surface area contributed by atoms with E-state index in [1.807, 2.05) is 6.92 Å². The zero-order chi connectivity index (χ0) is 25.0. The summed E-state index contributed by atoms with van der Waals surface area (Å²) in [4.78, 5) is 20.4. The van der Waals surface area contributed by atoms with E-state index >= 15 is 0 Å². The highest BCUT2D eigenvalue weighted by Crippen LogP contribution is 2.46. The first kappa shape index (κ1) is 23.9. The number of pyridine rings is 1. The van der Waals surface area contributed by atoms with Crippen molar-refractivity contribution in [1.29, 1.82) is 0 Å². The molecule has 1 aromatic heterocycles. The topological polar surface area (TPSA) is 45.7 Å². The molecule has 1 aliphatic carbocycles. The molecule has 1 saturated carbocycles. The minimum atomic E-state index is -4.43. The van der Waals surface area contributed by atoms with Crippen molar-refractivity contribution in [1.82, 2.24) is 9.88 Å². The second-order valence-electron chi connectivity index (χ2n) is 10.5. The Hall–Kier alpha value is -2.84. The van der Waals surface area contributed by atoms with Gasteiger partial charge in [-0.1, -0.05) is 6.92 Å². The maximum Gasteiger partial charge on any atom is 0.416 e. The van der Waals surface area contributed by atoms with Crippen molar-refractivity contribution < 1.29 is 27.1 Å². The fraction of sp³-hybridized carbons (Fsp3) is 0.538. The summed E-state index contributed by atoms with van der Waals surface area (Å²) in [6.07, 6.45) is 0.658. The molecular formula is C26H29F4N3O2. The third-order valence-electron chi connectivity index (χ3n) is 7.18. The molecule has 0 atom stereocenters. The maximum absolute atomic E-state index is 14.9. The molecule has 0 radical (unpaired) electrons. The van der Waals surface area contributed by atoms with Gasteiger partial charge in [0.25, 0.3) is 5.91 Å². The van der Waals surface area contributed by atoms with E-state index in [1.54, 1.807) is 15.9 Å². The molecule has 0 unspecified atom stereocenters. The number of carbonyl (C=O) groups is 1. The number of rotatable bonds is 6. The summed E-state index contributed by atoms with van der Waals surface area (Å²) in [5, 5.41) is 0. The molecule has 2 aromatic rings. The monoisotopic (exact) mass is 491 g/mol. The molecule has 188 valence electrons. The standard InChI is InChI=1S/C26H29F4N3O2/c1-16-12-31-23(10-20(16)26(28,29)30)33-13-25(2,14-33)15-35-22-11-21(27)19(9-18(22)17-5-6-17)24(34)32-7-3-4-8-32/h9-12,17H,3-8,13-15H2,1-2H3. The molecule has 5 rings (SSSR count). The van der Waals surface area contributed by atoms with Crippen molar-refractivity contribution in [3.63, 3.8) is 0 Å². The average Bonchev–Trinajstić information content (AvgIpc) is 3.47. The smallest absolute Gasteiger partial charge is 0.416 e. The van der Waals surface area contributed by atoms with Crippen molar-refractivity contribution >= 4 is 11.7 Å². The van der Waals surface area contributed by atoms with E-state index < -0.39 is 17.6 Å². The fourth-order valence-electron chi connectivity index (χ4n) is 5.04. The van der Waals surface area contributed by atoms with E-state index in [1.165, 1.54) is 19.2 Å². The van der Waals surface area contributed by atoms with Gasteiger partial charge in [-0.15, -0.1) is 0 Å². The number of nitrogens with zero attached hydrogens (tertiary/aromatic N) is 3. The second kappa shape index (κ2) is 8.68. The minimum Gasteiger partial charge on any atom is -0.492 e. The van der Waals surface area contributed by atoms with Crippen LogP contribution in [0.15, 0.2) is 24.4 Å². The number of carbonyl (C=O) groups excluding carboxylic acids is 1. The largest absolute Gasteiger partial charge is 0.492 e. The summed E-state index contributed by atoms with van der Waals surface area (Å²) in [6.45, 7) is 5.95. The Morgan fingerprint density at radius 3 is 2.49 bits per heavy atom. The number of anilines is 1. The first-order valence-electron chi connectivity index (χ1n) is 12.1. The molecule has 3 heterocycles. The molecule has 1 amide bonds. The summed E-state index contributed by atoms with van der Waals surface area (Å²) in [5.41, 5.74) is 0.0678. The Kier molecular flexibility index (Phi) is 5.92. The average molecular weight is 492 g/mol. The van der Waals surface area contributed by atoms with Crippen LogP contribution in [0.4, 0.5) is 23.4 Å². The van der Waals surface area contributed by atoms with E-state index in [0.29, 0.717) is 38.5 Å².